The number of allylic oxidation sites excluding steroid dienone is 1. The molecule has 0 bridgehead atoms. The molecule has 8 heteroatoms. The van der Waals surface area contributed by atoms with Crippen LogP contribution >= 0.6 is 0 Å². The highest BCUT2D eigenvalue weighted by Crippen LogP contribution is 2.47. The molecule has 4 aromatic rings. The number of hydrogen-bond donors (Lipinski definition) is 3. The number of carbonyl (C=O) groups is 1. The first-order valence-electron chi connectivity index (χ1n) is 14.1. The fourth-order valence-electron chi connectivity index (χ4n) is 5.29. The van der Waals surface area contributed by atoms with Gasteiger partial charge in [-0.25, -0.2) is 4.79 Å². The molecule has 0 saturated carbocycles. The van der Waals surface area contributed by atoms with E-state index in [0.717, 1.165) is 53.2 Å². The van der Waals surface area contributed by atoms with E-state index in [9.17, 15) is 19.4 Å². The molecule has 7 nitrogen and oxygen atoms in total. The molecule has 0 aliphatic carbocycles. The molecule has 6 rings (SSSR count). The Kier molecular flexibility index (Phi) is 9.27. The van der Waals surface area contributed by atoms with E-state index in [1.165, 1.54) is 0 Å². The molecular weight excluding hydrogens is 549 g/mol. The number of likely N-dealkylation sites (tertiary alicyclic amines) is 1. The summed E-state index contributed by atoms with van der Waals surface area (Å²) in [6, 6.07) is 28.4. The number of phenols is 2. The van der Waals surface area contributed by atoms with Crippen LogP contribution in [-0.4, -0.2) is 59.1 Å². The van der Waals surface area contributed by atoms with Gasteiger partial charge in [-0.05, 0) is 78.2 Å². The molecular formula is C35H34FNO6. The van der Waals surface area contributed by atoms with Crippen LogP contribution in [0.4, 0.5) is 4.39 Å². The molecule has 2 heterocycles. The van der Waals surface area contributed by atoms with Gasteiger partial charge < -0.3 is 24.8 Å². The Morgan fingerprint density at radius 3 is 2.30 bits per heavy atom. The topological polar surface area (TPSA) is 99.5 Å². The van der Waals surface area contributed by atoms with Crippen molar-refractivity contribution in [1.82, 2.24) is 4.90 Å². The predicted molar refractivity (Wildman–Crippen MR) is 163 cm³/mol. The largest absolute Gasteiger partial charge is 0.508 e. The van der Waals surface area contributed by atoms with Crippen molar-refractivity contribution in [1.29, 1.82) is 0 Å². The van der Waals surface area contributed by atoms with Crippen LogP contribution in [0, 0.1) is 5.92 Å². The third-order valence-electron chi connectivity index (χ3n) is 7.57. The van der Waals surface area contributed by atoms with Gasteiger partial charge in [0.05, 0.1) is 12.2 Å². The zero-order valence-electron chi connectivity index (χ0n) is 23.8. The fraction of sp³-hybridized carbons (Fsp3) is 0.229. The number of nitrogens with zero attached hydrogens (tertiary/aromatic N) is 1. The van der Waals surface area contributed by atoms with Gasteiger partial charge in [0.1, 0.15) is 35.7 Å². The molecule has 0 radical (unpaired) electrons. The SMILES string of the molecule is CC1=C(c2cccc(O)c2)[C@H](c2ccc(OCCN3CC(CF)C3)cc2)Oc2ccc(O)cc21.O=C(O)c1ccccc1. The molecule has 4 aromatic carbocycles. The molecule has 1 saturated heterocycles. The second-order valence-corrected chi connectivity index (χ2v) is 10.6. The van der Waals surface area contributed by atoms with Gasteiger partial charge in [-0.1, -0.05) is 42.5 Å². The van der Waals surface area contributed by atoms with Crippen LogP contribution in [0.3, 0.4) is 0 Å². The van der Waals surface area contributed by atoms with Gasteiger partial charge >= 0.3 is 5.97 Å². The van der Waals surface area contributed by atoms with E-state index in [-0.39, 0.29) is 30.2 Å². The third-order valence-corrected chi connectivity index (χ3v) is 7.57. The molecule has 0 amide bonds. The lowest BCUT2D eigenvalue weighted by molar-refractivity contribution is 0.0668. The van der Waals surface area contributed by atoms with Crippen LogP contribution in [0.25, 0.3) is 11.1 Å². The van der Waals surface area contributed by atoms with Crippen LogP contribution in [0.5, 0.6) is 23.0 Å². The van der Waals surface area contributed by atoms with E-state index in [2.05, 4.69) is 4.90 Å². The van der Waals surface area contributed by atoms with E-state index in [0.29, 0.717) is 17.9 Å². The summed E-state index contributed by atoms with van der Waals surface area (Å²) in [5.74, 6) is 1.13. The second-order valence-electron chi connectivity index (χ2n) is 10.6. The molecule has 0 spiro atoms. The van der Waals surface area contributed by atoms with Crippen molar-refractivity contribution in [3.63, 3.8) is 0 Å². The van der Waals surface area contributed by atoms with Crippen LogP contribution in [0.2, 0.25) is 0 Å². The standard InChI is InChI=1S/C28H28FNO4.C7H6O2/c1-18-25-14-23(32)7-10-26(25)34-28(27(18)21-3-2-4-22(31)13-21)20-5-8-24(9-6-20)33-12-11-30-16-19(15-29)17-30;8-7(9)6-4-2-1-3-5-6/h2-10,13-14,19,28,31-32H,11-12,15-17H2,1H3;1-5H,(H,8,9)/t28-;/m0./s1. The van der Waals surface area contributed by atoms with Crippen molar-refractivity contribution >= 4 is 17.1 Å². The summed E-state index contributed by atoms with van der Waals surface area (Å²) < 4.78 is 24.9. The molecule has 1 atom stereocenters. The number of halogens is 1. The molecule has 0 aromatic heterocycles. The molecule has 43 heavy (non-hydrogen) atoms. The van der Waals surface area contributed by atoms with Gasteiger partial charge in [-0.3, -0.25) is 9.29 Å². The second kappa shape index (κ2) is 13.4. The minimum atomic E-state index is -0.879. The number of aromatic carboxylic acids is 1. The number of aromatic hydroxyl groups is 2. The maximum Gasteiger partial charge on any atom is 0.335 e. The van der Waals surface area contributed by atoms with Crippen molar-refractivity contribution in [2.75, 3.05) is 32.9 Å². The van der Waals surface area contributed by atoms with E-state index < -0.39 is 5.97 Å². The van der Waals surface area contributed by atoms with E-state index in [4.69, 9.17) is 14.6 Å². The molecule has 0 unspecified atom stereocenters. The third kappa shape index (κ3) is 7.16. The fourth-order valence-corrected chi connectivity index (χ4v) is 5.29. The monoisotopic (exact) mass is 583 g/mol. The summed E-state index contributed by atoms with van der Waals surface area (Å²) in [6.45, 7) is 4.72. The Hall–Kier alpha value is -4.82. The minimum Gasteiger partial charge on any atom is -0.508 e. The summed E-state index contributed by atoms with van der Waals surface area (Å²) in [5.41, 5.74) is 4.89. The van der Waals surface area contributed by atoms with Crippen LogP contribution in [0.1, 0.15) is 40.1 Å². The number of carboxylic acids is 1. The van der Waals surface area contributed by atoms with Gasteiger partial charge in [0.25, 0.3) is 0 Å². The Bertz CT molecular complexity index is 1580. The molecule has 2 aliphatic heterocycles. The zero-order valence-corrected chi connectivity index (χ0v) is 23.8. The average Bonchev–Trinajstić information content (AvgIpc) is 2.99. The summed E-state index contributed by atoms with van der Waals surface area (Å²) in [5, 5.41) is 28.5. The summed E-state index contributed by atoms with van der Waals surface area (Å²) in [4.78, 5) is 12.4. The van der Waals surface area contributed by atoms with Crippen molar-refractivity contribution < 1.29 is 34.0 Å². The molecule has 2 aliphatic rings. The predicted octanol–water partition coefficient (Wildman–Crippen LogP) is 6.83. The van der Waals surface area contributed by atoms with E-state index >= 15 is 0 Å². The van der Waals surface area contributed by atoms with E-state index in [1.54, 1.807) is 60.7 Å². The lowest BCUT2D eigenvalue weighted by atomic mass is 9.86. The maximum atomic E-state index is 12.6. The van der Waals surface area contributed by atoms with Crippen molar-refractivity contribution in [2.24, 2.45) is 5.92 Å². The van der Waals surface area contributed by atoms with Gasteiger partial charge in [0.15, 0.2) is 0 Å². The van der Waals surface area contributed by atoms with Crippen molar-refractivity contribution in [2.45, 2.75) is 13.0 Å². The van der Waals surface area contributed by atoms with Crippen LogP contribution < -0.4 is 9.47 Å². The maximum absolute atomic E-state index is 12.6. The lowest BCUT2D eigenvalue weighted by Crippen LogP contribution is -2.49. The number of phenolic OH excluding ortho intramolecular Hbond substituents is 2. The number of benzene rings is 4. The highest BCUT2D eigenvalue weighted by molar-refractivity contribution is 5.96. The Labute approximate surface area is 250 Å². The highest BCUT2D eigenvalue weighted by atomic mass is 19.1. The number of ether oxygens (including phenoxy) is 2. The van der Waals surface area contributed by atoms with E-state index in [1.807, 2.05) is 43.3 Å². The Balaban J connectivity index is 0.000000351. The van der Waals surface area contributed by atoms with Crippen molar-refractivity contribution in [3.05, 3.63) is 119 Å². The summed E-state index contributed by atoms with van der Waals surface area (Å²) in [7, 11) is 0. The lowest BCUT2D eigenvalue weighted by Gasteiger charge is -2.37. The van der Waals surface area contributed by atoms with Gasteiger partial charge in [0, 0.05) is 36.7 Å². The van der Waals surface area contributed by atoms with Crippen molar-refractivity contribution in [3.8, 4) is 23.0 Å². The Morgan fingerprint density at radius 2 is 1.65 bits per heavy atom. The van der Waals surface area contributed by atoms with Crippen LogP contribution in [0.15, 0.2) is 97.1 Å². The molecule has 3 N–H and O–H groups in total. The highest BCUT2D eigenvalue weighted by Gasteiger charge is 2.30. The van der Waals surface area contributed by atoms with Gasteiger partial charge in [0.2, 0.25) is 0 Å². The molecule has 222 valence electrons. The summed E-state index contributed by atoms with van der Waals surface area (Å²) >= 11 is 0. The first-order valence-corrected chi connectivity index (χ1v) is 14.1. The van der Waals surface area contributed by atoms with Crippen LogP contribution in [-0.2, 0) is 0 Å². The minimum absolute atomic E-state index is 0.176. The normalized spacial score (nSPS) is 16.3. The summed E-state index contributed by atoms with van der Waals surface area (Å²) in [6.07, 6.45) is -0.383. The smallest absolute Gasteiger partial charge is 0.335 e. The number of alkyl halides is 1. The quantitative estimate of drug-likeness (QED) is 0.209. The first kappa shape index (κ1) is 29.7. The zero-order chi connectivity index (χ0) is 30.3. The first-order chi connectivity index (χ1) is 20.8. The van der Waals surface area contributed by atoms with Gasteiger partial charge in [-0.15, -0.1) is 0 Å². The average molecular weight is 584 g/mol. The van der Waals surface area contributed by atoms with Gasteiger partial charge in [-0.2, -0.15) is 0 Å². The number of hydrogen-bond acceptors (Lipinski definition) is 6. The number of rotatable bonds is 8. The molecule has 1 fully saturated rings. The Morgan fingerprint density at radius 1 is 0.930 bits per heavy atom. The number of carboxylic acid groups (broad SMARTS) is 1. The number of fused-ring (bicyclic) bond motifs is 1.